The maximum absolute atomic E-state index is 4.09. The number of benzene rings is 7. The summed E-state index contributed by atoms with van der Waals surface area (Å²) < 4.78 is 7.54. The summed E-state index contributed by atoms with van der Waals surface area (Å²) in [5.74, 6) is 0. The van der Waals surface area contributed by atoms with E-state index in [1.807, 2.05) is 11.3 Å². The van der Waals surface area contributed by atoms with Crippen LogP contribution in [0.15, 0.2) is 170 Å². The minimum absolute atomic E-state index is 0.0288. The molecule has 0 bridgehead atoms. The number of fused-ring (bicyclic) bond motifs is 9. The summed E-state index contributed by atoms with van der Waals surface area (Å²) in [4.78, 5) is 0. The van der Waals surface area contributed by atoms with Crippen molar-refractivity contribution in [1.29, 1.82) is 0 Å². The van der Waals surface area contributed by atoms with E-state index in [0.717, 1.165) is 11.4 Å². The van der Waals surface area contributed by atoms with Crippen LogP contribution in [0.5, 0.6) is 0 Å². The number of para-hydroxylation sites is 3. The first-order chi connectivity index (χ1) is 25.3. The summed E-state index contributed by atoms with van der Waals surface area (Å²) in [6.45, 7) is 0. The van der Waals surface area contributed by atoms with E-state index in [2.05, 4.69) is 190 Å². The van der Waals surface area contributed by atoms with Gasteiger partial charge in [-0.1, -0.05) is 121 Å². The van der Waals surface area contributed by atoms with Crippen molar-refractivity contribution in [2.45, 2.75) is 12.3 Å². The van der Waals surface area contributed by atoms with Gasteiger partial charge in [0.15, 0.2) is 6.29 Å². The molecule has 4 nitrogen and oxygen atoms in total. The molecular weight excluding hydrogens is 641 g/mol. The summed E-state index contributed by atoms with van der Waals surface area (Å²) in [7, 11) is 0. The topological polar surface area (TPSA) is 33.9 Å². The molecule has 0 fully saturated rings. The molecule has 2 atom stereocenters. The van der Waals surface area contributed by atoms with Gasteiger partial charge >= 0.3 is 0 Å². The quantitative estimate of drug-likeness (QED) is 0.195. The van der Waals surface area contributed by atoms with Crippen molar-refractivity contribution in [2.24, 2.45) is 0 Å². The molecule has 0 radical (unpaired) electrons. The van der Waals surface area contributed by atoms with Crippen molar-refractivity contribution in [1.82, 2.24) is 19.8 Å². The van der Waals surface area contributed by atoms with Crippen molar-refractivity contribution in [3.8, 4) is 5.69 Å². The van der Waals surface area contributed by atoms with E-state index in [1.165, 1.54) is 74.9 Å². The van der Waals surface area contributed by atoms with Crippen LogP contribution in [0.4, 0.5) is 0 Å². The minimum Gasteiger partial charge on any atom is -0.352 e. The lowest BCUT2D eigenvalue weighted by molar-refractivity contribution is 0.351. The summed E-state index contributed by atoms with van der Waals surface area (Å²) in [6.07, 6.45) is 2.14. The highest BCUT2D eigenvalue weighted by atomic mass is 32.1. The van der Waals surface area contributed by atoms with E-state index in [4.69, 9.17) is 0 Å². The zero-order valence-electron chi connectivity index (χ0n) is 27.6. The van der Waals surface area contributed by atoms with Crippen LogP contribution in [0.3, 0.4) is 0 Å². The summed E-state index contributed by atoms with van der Waals surface area (Å²) >= 11 is 1.89. The van der Waals surface area contributed by atoms with E-state index in [1.54, 1.807) is 0 Å². The van der Waals surface area contributed by atoms with Crippen LogP contribution in [0, 0.1) is 0 Å². The Bertz CT molecular complexity index is 2980. The predicted octanol–water partition coefficient (Wildman–Crippen LogP) is 11.7. The molecule has 2 unspecified atom stereocenters. The molecular formula is C46H32N4S. The fourth-order valence-corrected chi connectivity index (χ4v) is 9.60. The van der Waals surface area contributed by atoms with E-state index in [-0.39, 0.29) is 12.3 Å². The largest absolute Gasteiger partial charge is 0.352 e. The molecule has 0 aliphatic carbocycles. The Morgan fingerprint density at radius 3 is 1.96 bits per heavy atom. The Balaban J connectivity index is 1.17. The second kappa shape index (κ2) is 11.2. The van der Waals surface area contributed by atoms with Crippen LogP contribution in [-0.4, -0.2) is 9.13 Å². The standard InChI is InChI=1S/C46H32N4S/c1-3-14-29(15-4-1)38-27-39(35-22-13-21-34-33-20-9-12-25-44(33)51-45(34)35)48-46(47-38)50-41-24-11-8-19-32(41)37-26-36-31-18-7-10-23-40(31)49(42(36)28-43(37)50)30-16-5-2-6-17-30/h1-28,39,46-48H. The molecule has 11 rings (SSSR count). The van der Waals surface area contributed by atoms with Gasteiger partial charge in [0.25, 0.3) is 0 Å². The van der Waals surface area contributed by atoms with Gasteiger partial charge in [0, 0.05) is 53.1 Å². The molecule has 5 heteroatoms. The van der Waals surface area contributed by atoms with Crippen molar-refractivity contribution in [3.63, 3.8) is 0 Å². The van der Waals surface area contributed by atoms with Crippen LogP contribution in [0.25, 0.3) is 75.2 Å². The lowest BCUT2D eigenvalue weighted by Gasteiger charge is -2.34. The number of nitrogens with zero attached hydrogens (tertiary/aromatic N) is 2. The first-order valence-electron chi connectivity index (χ1n) is 17.5. The molecule has 0 spiro atoms. The van der Waals surface area contributed by atoms with Crippen LogP contribution in [0.1, 0.15) is 23.5 Å². The Morgan fingerprint density at radius 2 is 1.14 bits per heavy atom. The van der Waals surface area contributed by atoms with E-state index in [9.17, 15) is 0 Å². The summed E-state index contributed by atoms with van der Waals surface area (Å²) in [5.41, 5.74) is 9.52. The fraction of sp³-hybridized carbons (Fsp3) is 0.0435. The van der Waals surface area contributed by atoms with Crippen LogP contribution in [0.2, 0.25) is 0 Å². The molecule has 4 heterocycles. The van der Waals surface area contributed by atoms with Gasteiger partial charge in [-0.3, -0.25) is 5.32 Å². The normalized spacial score (nSPS) is 16.4. The van der Waals surface area contributed by atoms with Crippen molar-refractivity contribution in [3.05, 3.63) is 181 Å². The molecule has 7 aromatic carbocycles. The maximum atomic E-state index is 4.09. The van der Waals surface area contributed by atoms with Gasteiger partial charge in [-0.05, 0) is 59.7 Å². The number of hydrogen-bond donors (Lipinski definition) is 2. The van der Waals surface area contributed by atoms with Crippen LogP contribution in [-0.2, 0) is 0 Å². The van der Waals surface area contributed by atoms with Crippen molar-refractivity contribution in [2.75, 3.05) is 0 Å². The first-order valence-corrected chi connectivity index (χ1v) is 18.3. The monoisotopic (exact) mass is 672 g/mol. The average Bonchev–Trinajstić information content (AvgIpc) is 3.85. The Labute approximate surface area is 298 Å². The third kappa shape index (κ3) is 4.35. The number of aromatic nitrogens is 2. The summed E-state index contributed by atoms with van der Waals surface area (Å²) in [5, 5.41) is 15.7. The van der Waals surface area contributed by atoms with Gasteiger partial charge in [-0.2, -0.15) is 0 Å². The lowest BCUT2D eigenvalue weighted by atomic mass is 9.99. The van der Waals surface area contributed by atoms with Crippen molar-refractivity contribution < 1.29 is 0 Å². The van der Waals surface area contributed by atoms with Crippen LogP contribution < -0.4 is 10.6 Å². The van der Waals surface area contributed by atoms with Crippen LogP contribution >= 0.6 is 11.3 Å². The number of hydrogen-bond acceptors (Lipinski definition) is 3. The molecule has 3 aromatic heterocycles. The van der Waals surface area contributed by atoms with Gasteiger partial charge in [0.1, 0.15) is 0 Å². The molecule has 0 saturated heterocycles. The number of thiophene rings is 1. The average molecular weight is 673 g/mol. The molecule has 1 aliphatic heterocycles. The van der Waals surface area contributed by atoms with Crippen molar-refractivity contribution >= 4 is 80.8 Å². The highest BCUT2D eigenvalue weighted by molar-refractivity contribution is 7.26. The molecule has 242 valence electrons. The van der Waals surface area contributed by atoms with Gasteiger partial charge in [-0.25, -0.2) is 0 Å². The van der Waals surface area contributed by atoms with E-state index in [0.29, 0.717) is 0 Å². The fourth-order valence-electron chi connectivity index (χ4n) is 8.35. The third-order valence-corrected chi connectivity index (χ3v) is 11.8. The predicted molar refractivity (Wildman–Crippen MR) is 216 cm³/mol. The Hall–Kier alpha value is -6.14. The second-order valence-electron chi connectivity index (χ2n) is 13.4. The molecule has 51 heavy (non-hydrogen) atoms. The van der Waals surface area contributed by atoms with Gasteiger partial charge < -0.3 is 14.5 Å². The van der Waals surface area contributed by atoms with E-state index < -0.39 is 0 Å². The maximum Gasteiger partial charge on any atom is 0.160 e. The number of rotatable bonds is 4. The number of nitrogens with one attached hydrogen (secondary N) is 2. The van der Waals surface area contributed by atoms with Gasteiger partial charge in [0.2, 0.25) is 0 Å². The highest BCUT2D eigenvalue weighted by Crippen LogP contribution is 2.42. The minimum atomic E-state index is -0.228. The molecule has 0 amide bonds. The smallest absolute Gasteiger partial charge is 0.160 e. The molecule has 2 N–H and O–H groups in total. The molecule has 0 saturated carbocycles. The second-order valence-corrected chi connectivity index (χ2v) is 14.5. The first kappa shape index (κ1) is 28.7. The Kier molecular flexibility index (Phi) is 6.29. The Morgan fingerprint density at radius 1 is 0.490 bits per heavy atom. The third-order valence-electron chi connectivity index (χ3n) is 10.6. The zero-order valence-corrected chi connectivity index (χ0v) is 28.4. The van der Waals surface area contributed by atoms with E-state index >= 15 is 0 Å². The summed E-state index contributed by atoms with van der Waals surface area (Å²) in [6, 6.07) is 59.4. The molecule has 10 aromatic rings. The van der Waals surface area contributed by atoms with Gasteiger partial charge in [-0.15, -0.1) is 11.3 Å². The SMILES string of the molecule is C1=C(c2ccccc2)NC(n2c3ccccc3c3cc4c5ccccc5n(-c5ccccc5)c4cc32)NC1c1cccc2c1sc1ccccc12. The lowest BCUT2D eigenvalue weighted by Crippen LogP contribution is -2.43. The highest BCUT2D eigenvalue weighted by Gasteiger charge is 2.29. The van der Waals surface area contributed by atoms with Gasteiger partial charge in [0.05, 0.1) is 28.1 Å². The molecule has 1 aliphatic rings. The zero-order chi connectivity index (χ0) is 33.5.